The molecule has 1 unspecified atom stereocenters. The van der Waals surface area contributed by atoms with E-state index in [1.807, 2.05) is 56.3 Å². The van der Waals surface area contributed by atoms with Crippen LogP contribution in [0.1, 0.15) is 31.9 Å². The number of nitrogens with zero attached hydrogens (tertiary/aromatic N) is 1. The van der Waals surface area contributed by atoms with E-state index in [2.05, 4.69) is 27.8 Å². The van der Waals surface area contributed by atoms with Crippen LogP contribution in [0.3, 0.4) is 0 Å². The maximum absolute atomic E-state index is 10.7. The fourth-order valence-electron chi connectivity index (χ4n) is 2.75. The minimum Gasteiger partial charge on any atom is -0.494 e. The van der Waals surface area contributed by atoms with Crippen molar-refractivity contribution >= 4 is 29.9 Å². The van der Waals surface area contributed by atoms with Crippen molar-refractivity contribution in [1.29, 1.82) is 0 Å². The fourth-order valence-corrected chi connectivity index (χ4v) is 2.75. The number of nitrogens with one attached hydrogen (secondary N) is 2. The topological polar surface area (TPSA) is 65.9 Å². The van der Waals surface area contributed by atoms with Gasteiger partial charge in [0.25, 0.3) is 0 Å². The van der Waals surface area contributed by atoms with Gasteiger partial charge in [-0.05, 0) is 50.5 Å². The molecule has 5 nitrogen and oxygen atoms in total. The number of aliphatic hydroxyl groups is 1. The highest BCUT2D eigenvalue weighted by molar-refractivity contribution is 14.0. The van der Waals surface area contributed by atoms with Crippen LogP contribution in [-0.4, -0.2) is 37.3 Å². The quantitative estimate of drug-likeness (QED) is 0.281. The molecule has 3 N–H and O–H groups in total. The third-order valence-electron chi connectivity index (χ3n) is 4.20. The van der Waals surface area contributed by atoms with Crippen molar-refractivity contribution in [3.63, 3.8) is 0 Å². The molecule has 2 aromatic rings. The van der Waals surface area contributed by atoms with Gasteiger partial charge in [-0.15, -0.1) is 24.0 Å². The van der Waals surface area contributed by atoms with E-state index in [4.69, 9.17) is 4.74 Å². The van der Waals surface area contributed by atoms with Crippen molar-refractivity contribution in [3.05, 3.63) is 65.7 Å². The van der Waals surface area contributed by atoms with Gasteiger partial charge >= 0.3 is 0 Å². The van der Waals surface area contributed by atoms with Crippen LogP contribution in [0.5, 0.6) is 5.75 Å². The Morgan fingerprint density at radius 2 is 1.82 bits per heavy atom. The molecule has 0 heterocycles. The van der Waals surface area contributed by atoms with E-state index in [-0.39, 0.29) is 30.5 Å². The van der Waals surface area contributed by atoms with Crippen LogP contribution in [0.4, 0.5) is 0 Å². The normalized spacial score (nSPS) is 13.2. The number of rotatable bonds is 9. The molecule has 0 amide bonds. The maximum atomic E-state index is 10.7. The minimum atomic E-state index is -1.00. The molecule has 0 aliphatic carbocycles. The lowest BCUT2D eigenvalue weighted by molar-refractivity contribution is 0.0672. The Morgan fingerprint density at radius 1 is 1.07 bits per heavy atom. The Balaban J connectivity index is 0.00000392. The summed E-state index contributed by atoms with van der Waals surface area (Å²) in [5.41, 5.74) is 1.06. The zero-order valence-corrected chi connectivity index (χ0v) is 19.3. The molecule has 0 bridgehead atoms. The smallest absolute Gasteiger partial charge is 0.191 e. The Kier molecular flexibility index (Phi) is 10.9. The summed E-state index contributed by atoms with van der Waals surface area (Å²) >= 11 is 0. The molecule has 6 heteroatoms. The first-order chi connectivity index (χ1) is 13.0. The van der Waals surface area contributed by atoms with E-state index in [0.29, 0.717) is 12.6 Å². The summed E-state index contributed by atoms with van der Waals surface area (Å²) in [6.45, 7) is 8.25. The molecule has 0 radical (unpaired) electrons. The van der Waals surface area contributed by atoms with Crippen LogP contribution >= 0.6 is 24.0 Å². The largest absolute Gasteiger partial charge is 0.494 e. The Labute approximate surface area is 185 Å². The van der Waals surface area contributed by atoms with Crippen LogP contribution in [-0.2, 0) is 12.0 Å². The number of guanidine groups is 1. The molecule has 154 valence electrons. The molecular formula is C22H32IN3O2. The van der Waals surface area contributed by atoms with Gasteiger partial charge in [-0.2, -0.15) is 0 Å². The molecule has 0 saturated heterocycles. The van der Waals surface area contributed by atoms with Crippen LogP contribution < -0.4 is 15.4 Å². The molecule has 0 aliphatic rings. The van der Waals surface area contributed by atoms with Crippen LogP contribution in [0.25, 0.3) is 0 Å². The van der Waals surface area contributed by atoms with E-state index in [9.17, 15) is 5.11 Å². The van der Waals surface area contributed by atoms with E-state index in [1.54, 1.807) is 6.92 Å². The predicted octanol–water partition coefficient (Wildman–Crippen LogP) is 3.71. The molecule has 28 heavy (non-hydrogen) atoms. The second kappa shape index (κ2) is 12.6. The molecule has 2 rings (SSSR count). The summed E-state index contributed by atoms with van der Waals surface area (Å²) in [5, 5.41) is 17.3. The Hall–Kier alpha value is -1.80. The highest BCUT2D eigenvalue weighted by atomic mass is 127. The molecule has 0 aromatic heterocycles. The zero-order valence-electron chi connectivity index (χ0n) is 16.9. The van der Waals surface area contributed by atoms with Gasteiger partial charge in [0, 0.05) is 13.1 Å². The molecule has 1 atom stereocenters. The second-order valence-corrected chi connectivity index (χ2v) is 6.59. The van der Waals surface area contributed by atoms with Crippen molar-refractivity contribution in [2.45, 2.75) is 32.8 Å². The summed E-state index contributed by atoms with van der Waals surface area (Å²) < 4.78 is 5.55. The molecule has 0 saturated carbocycles. The summed E-state index contributed by atoms with van der Waals surface area (Å²) in [6, 6.07) is 17.8. The number of halogens is 1. The lowest BCUT2D eigenvalue weighted by atomic mass is 9.96. The monoisotopic (exact) mass is 497 g/mol. The number of ether oxygens (including phenoxy) is 1. The molecule has 2 aromatic carbocycles. The predicted molar refractivity (Wildman–Crippen MR) is 127 cm³/mol. The number of aliphatic imine (C=N–C) groups is 1. The van der Waals surface area contributed by atoms with Crippen LogP contribution in [0.2, 0.25) is 0 Å². The fraction of sp³-hybridized carbons (Fsp3) is 0.409. The van der Waals surface area contributed by atoms with Gasteiger partial charge in [-0.1, -0.05) is 42.5 Å². The van der Waals surface area contributed by atoms with Crippen molar-refractivity contribution in [2.24, 2.45) is 4.99 Å². The van der Waals surface area contributed by atoms with Crippen molar-refractivity contribution < 1.29 is 9.84 Å². The zero-order chi connectivity index (χ0) is 19.5. The van der Waals surface area contributed by atoms with Gasteiger partial charge in [0.05, 0.1) is 13.2 Å². The average molecular weight is 497 g/mol. The first-order valence-electron chi connectivity index (χ1n) is 9.57. The van der Waals surface area contributed by atoms with Gasteiger partial charge in [-0.25, -0.2) is 4.99 Å². The third kappa shape index (κ3) is 8.06. The number of benzene rings is 2. The third-order valence-corrected chi connectivity index (χ3v) is 4.20. The standard InChI is InChI=1S/C22H31N3O2.HI/c1-4-23-21(25-17-22(3,26)19-11-7-6-8-12-19)24-15-14-18-10-9-13-20(16-18)27-5-2;/h6-13,16,26H,4-5,14-15,17H2,1-3H3,(H2,23,24,25);1H. The van der Waals surface area contributed by atoms with Crippen LogP contribution in [0.15, 0.2) is 59.6 Å². The van der Waals surface area contributed by atoms with Crippen molar-refractivity contribution in [2.75, 3.05) is 26.2 Å². The van der Waals surface area contributed by atoms with E-state index in [1.165, 1.54) is 5.56 Å². The maximum Gasteiger partial charge on any atom is 0.191 e. The Bertz CT molecular complexity index is 721. The molecular weight excluding hydrogens is 465 g/mol. The molecule has 0 fully saturated rings. The lowest BCUT2D eigenvalue weighted by Gasteiger charge is -2.22. The van der Waals surface area contributed by atoms with E-state index < -0.39 is 5.60 Å². The van der Waals surface area contributed by atoms with Crippen LogP contribution in [0, 0.1) is 0 Å². The average Bonchev–Trinajstić information content (AvgIpc) is 2.67. The second-order valence-electron chi connectivity index (χ2n) is 6.59. The highest BCUT2D eigenvalue weighted by Crippen LogP contribution is 2.20. The molecule has 0 aliphatic heterocycles. The summed E-state index contributed by atoms with van der Waals surface area (Å²) in [7, 11) is 0. The first kappa shape index (κ1) is 24.2. The number of hydrogen-bond donors (Lipinski definition) is 3. The van der Waals surface area contributed by atoms with Gasteiger partial charge in [-0.3, -0.25) is 0 Å². The summed E-state index contributed by atoms with van der Waals surface area (Å²) in [5.74, 6) is 1.60. The first-order valence-corrected chi connectivity index (χ1v) is 9.57. The SMILES string of the molecule is CCNC(=NCC(C)(O)c1ccccc1)NCCc1cccc(OCC)c1.I. The van der Waals surface area contributed by atoms with Gasteiger partial charge in [0.1, 0.15) is 11.4 Å². The Morgan fingerprint density at radius 3 is 2.50 bits per heavy atom. The van der Waals surface area contributed by atoms with Gasteiger partial charge in [0.15, 0.2) is 5.96 Å². The lowest BCUT2D eigenvalue weighted by Crippen LogP contribution is -2.39. The number of hydrogen-bond acceptors (Lipinski definition) is 3. The minimum absolute atomic E-state index is 0. The summed E-state index contributed by atoms with van der Waals surface area (Å²) in [4.78, 5) is 4.56. The summed E-state index contributed by atoms with van der Waals surface area (Å²) in [6.07, 6.45) is 0.862. The van der Waals surface area contributed by atoms with Gasteiger partial charge < -0.3 is 20.5 Å². The highest BCUT2D eigenvalue weighted by Gasteiger charge is 2.22. The van der Waals surface area contributed by atoms with Crippen molar-refractivity contribution in [1.82, 2.24) is 10.6 Å². The molecule has 0 spiro atoms. The van der Waals surface area contributed by atoms with Gasteiger partial charge in [0.2, 0.25) is 0 Å². The van der Waals surface area contributed by atoms with Crippen molar-refractivity contribution in [3.8, 4) is 5.75 Å². The van der Waals surface area contributed by atoms with E-state index in [0.717, 1.165) is 30.8 Å². The van der Waals surface area contributed by atoms with E-state index >= 15 is 0 Å².